The minimum absolute atomic E-state index is 0.145. The van der Waals surface area contributed by atoms with Crippen LogP contribution in [0.1, 0.15) is 32.4 Å². The van der Waals surface area contributed by atoms with E-state index < -0.39 is 10.8 Å². The lowest BCUT2D eigenvalue weighted by Crippen LogP contribution is -2.53. The molecule has 19 heavy (non-hydrogen) atoms. The van der Waals surface area contributed by atoms with Crippen LogP contribution in [0.5, 0.6) is 0 Å². The molecule has 1 aromatic heterocycles. The monoisotopic (exact) mass is 278 g/mol. The predicted molar refractivity (Wildman–Crippen MR) is 75.3 cm³/mol. The van der Waals surface area contributed by atoms with E-state index >= 15 is 0 Å². The van der Waals surface area contributed by atoms with Crippen LogP contribution in [0.4, 0.5) is 5.82 Å². The molecule has 2 heterocycles. The summed E-state index contributed by atoms with van der Waals surface area (Å²) in [4.78, 5) is 2.13. The quantitative estimate of drug-likeness (QED) is 0.837. The van der Waals surface area contributed by atoms with Crippen LogP contribution in [-0.4, -0.2) is 38.0 Å². The van der Waals surface area contributed by atoms with Gasteiger partial charge in [0.25, 0.3) is 0 Å². The van der Waals surface area contributed by atoms with Gasteiger partial charge in [-0.3, -0.25) is 4.21 Å². The Labute approximate surface area is 116 Å². The van der Waals surface area contributed by atoms with Crippen LogP contribution in [0, 0.1) is 11.3 Å². The summed E-state index contributed by atoms with van der Waals surface area (Å²) in [5.74, 6) is 1.44. The van der Waals surface area contributed by atoms with E-state index in [0.717, 1.165) is 31.7 Å². The van der Waals surface area contributed by atoms with E-state index in [1.54, 1.807) is 6.07 Å². The topological polar surface area (TPSA) is 69.9 Å². The highest BCUT2D eigenvalue weighted by molar-refractivity contribution is 7.86. The second-order valence-corrected chi connectivity index (χ2v) is 6.72. The van der Waals surface area contributed by atoms with Crippen molar-refractivity contribution in [3.63, 3.8) is 0 Å². The summed E-state index contributed by atoms with van der Waals surface area (Å²) in [6, 6.07) is 5.45. The lowest BCUT2D eigenvalue weighted by atomic mass is 10.0. The highest BCUT2D eigenvalue weighted by Gasteiger charge is 2.39. The van der Waals surface area contributed by atoms with Gasteiger partial charge in [-0.25, -0.2) is 0 Å². The Morgan fingerprint density at radius 1 is 1.42 bits per heavy atom. The molecule has 1 fully saturated rings. The number of hydrogen-bond acceptors (Lipinski definition) is 5. The fourth-order valence-corrected chi connectivity index (χ4v) is 4.22. The van der Waals surface area contributed by atoms with Crippen molar-refractivity contribution >= 4 is 16.6 Å². The lowest BCUT2D eigenvalue weighted by Gasteiger charge is -2.41. The van der Waals surface area contributed by atoms with Crippen molar-refractivity contribution in [1.29, 1.82) is 5.26 Å². The smallest absolute Gasteiger partial charge is 0.163 e. The minimum Gasteiger partial charge on any atom is -0.353 e. The Balaban J connectivity index is 2.22. The SMILES string of the molecule is CCC1(CC)CN(c2ccc(C#N)nn2)CCS1=O. The molecule has 1 atom stereocenters. The van der Waals surface area contributed by atoms with Gasteiger partial charge >= 0.3 is 0 Å². The van der Waals surface area contributed by atoms with Gasteiger partial charge in [0, 0.05) is 29.6 Å². The van der Waals surface area contributed by atoms with E-state index in [9.17, 15) is 4.21 Å². The summed E-state index contributed by atoms with van der Waals surface area (Å²) in [5.41, 5.74) is 0.321. The highest BCUT2D eigenvalue weighted by atomic mass is 32.2. The Morgan fingerprint density at radius 2 is 2.16 bits per heavy atom. The van der Waals surface area contributed by atoms with Gasteiger partial charge in [0.05, 0.1) is 4.75 Å². The molecular formula is C13H18N4OS. The molecule has 0 aliphatic carbocycles. The fraction of sp³-hybridized carbons (Fsp3) is 0.615. The van der Waals surface area contributed by atoms with Crippen LogP contribution < -0.4 is 4.90 Å². The molecule has 1 aliphatic heterocycles. The van der Waals surface area contributed by atoms with E-state index in [0.29, 0.717) is 11.4 Å². The van der Waals surface area contributed by atoms with E-state index in [2.05, 4.69) is 28.9 Å². The zero-order valence-corrected chi connectivity index (χ0v) is 12.1. The molecule has 0 aromatic carbocycles. The summed E-state index contributed by atoms with van der Waals surface area (Å²) in [6.07, 6.45) is 1.80. The van der Waals surface area contributed by atoms with Gasteiger partial charge in [0.15, 0.2) is 11.5 Å². The highest BCUT2D eigenvalue weighted by Crippen LogP contribution is 2.30. The lowest BCUT2D eigenvalue weighted by molar-refractivity contribution is 0.493. The van der Waals surface area contributed by atoms with Crippen LogP contribution in [0.3, 0.4) is 0 Å². The van der Waals surface area contributed by atoms with Crippen molar-refractivity contribution in [2.75, 3.05) is 23.7 Å². The first-order valence-electron chi connectivity index (χ1n) is 6.52. The van der Waals surface area contributed by atoms with E-state index in [-0.39, 0.29) is 4.75 Å². The largest absolute Gasteiger partial charge is 0.353 e. The summed E-state index contributed by atoms with van der Waals surface area (Å²) in [7, 11) is -0.779. The molecule has 0 N–H and O–H groups in total. The standard InChI is InChI=1S/C13H18N4OS/c1-3-13(4-2)10-17(7-8-19(13)18)12-6-5-11(9-14)15-16-12/h5-6H,3-4,7-8,10H2,1-2H3. The zero-order valence-electron chi connectivity index (χ0n) is 11.3. The molecule has 0 saturated carbocycles. The second kappa shape index (κ2) is 5.66. The maximum absolute atomic E-state index is 12.3. The molecule has 0 spiro atoms. The van der Waals surface area contributed by atoms with Crippen molar-refractivity contribution in [1.82, 2.24) is 10.2 Å². The van der Waals surface area contributed by atoms with Gasteiger partial charge < -0.3 is 4.90 Å². The molecule has 6 heteroatoms. The average molecular weight is 278 g/mol. The van der Waals surface area contributed by atoms with Gasteiger partial charge in [0.1, 0.15) is 6.07 Å². The van der Waals surface area contributed by atoms with Crippen LogP contribution in [-0.2, 0) is 10.8 Å². The number of nitrogens with zero attached hydrogens (tertiary/aromatic N) is 4. The maximum atomic E-state index is 12.3. The number of nitriles is 1. The maximum Gasteiger partial charge on any atom is 0.163 e. The molecule has 0 radical (unpaired) electrons. The van der Waals surface area contributed by atoms with Crippen LogP contribution in [0.15, 0.2) is 12.1 Å². The fourth-order valence-electron chi connectivity index (χ4n) is 2.45. The third kappa shape index (κ3) is 2.61. The number of rotatable bonds is 3. The van der Waals surface area contributed by atoms with Gasteiger partial charge in [0.2, 0.25) is 0 Å². The molecule has 1 aliphatic rings. The Hall–Kier alpha value is -1.48. The molecule has 2 rings (SSSR count). The second-order valence-electron chi connectivity index (χ2n) is 4.75. The van der Waals surface area contributed by atoms with E-state index in [4.69, 9.17) is 5.26 Å². The molecule has 0 amide bonds. The third-order valence-electron chi connectivity index (χ3n) is 3.89. The van der Waals surface area contributed by atoms with Crippen molar-refractivity contribution in [3.8, 4) is 6.07 Å². The average Bonchev–Trinajstić information content (AvgIpc) is 2.48. The van der Waals surface area contributed by atoms with Crippen molar-refractivity contribution in [2.24, 2.45) is 0 Å². The van der Waals surface area contributed by atoms with Gasteiger partial charge in [-0.1, -0.05) is 13.8 Å². The Bertz CT molecular complexity index is 504. The van der Waals surface area contributed by atoms with Crippen molar-refractivity contribution in [3.05, 3.63) is 17.8 Å². The van der Waals surface area contributed by atoms with Gasteiger partial charge in [-0.2, -0.15) is 5.26 Å². The Kier molecular flexibility index (Phi) is 4.15. The van der Waals surface area contributed by atoms with E-state index in [1.807, 2.05) is 12.1 Å². The van der Waals surface area contributed by atoms with E-state index in [1.165, 1.54) is 0 Å². The first kappa shape index (κ1) is 13.9. The predicted octanol–water partition coefficient (Wildman–Crippen LogP) is 1.48. The van der Waals surface area contributed by atoms with Crippen LogP contribution in [0.25, 0.3) is 0 Å². The molecule has 5 nitrogen and oxygen atoms in total. The van der Waals surface area contributed by atoms with Crippen molar-refractivity contribution in [2.45, 2.75) is 31.4 Å². The van der Waals surface area contributed by atoms with Crippen LogP contribution >= 0.6 is 0 Å². The van der Waals surface area contributed by atoms with Crippen LogP contribution in [0.2, 0.25) is 0 Å². The number of hydrogen-bond donors (Lipinski definition) is 0. The zero-order chi connectivity index (χ0) is 13.9. The molecule has 1 saturated heterocycles. The third-order valence-corrected chi connectivity index (χ3v) is 6.11. The normalized spacial score (nSPS) is 21.9. The molecule has 102 valence electrons. The number of aromatic nitrogens is 2. The van der Waals surface area contributed by atoms with Crippen molar-refractivity contribution < 1.29 is 4.21 Å². The number of anilines is 1. The van der Waals surface area contributed by atoms with Gasteiger partial charge in [-0.15, -0.1) is 10.2 Å². The summed E-state index contributed by atoms with van der Waals surface area (Å²) in [6.45, 7) is 5.66. The summed E-state index contributed by atoms with van der Waals surface area (Å²) >= 11 is 0. The first-order chi connectivity index (χ1) is 9.15. The summed E-state index contributed by atoms with van der Waals surface area (Å²) in [5, 5.41) is 16.7. The van der Waals surface area contributed by atoms with Gasteiger partial charge in [-0.05, 0) is 25.0 Å². The molecule has 1 unspecified atom stereocenters. The summed E-state index contributed by atoms with van der Waals surface area (Å²) < 4.78 is 12.1. The molecule has 1 aromatic rings. The molecule has 0 bridgehead atoms. The Morgan fingerprint density at radius 3 is 2.68 bits per heavy atom. The minimum atomic E-state index is -0.779. The first-order valence-corrected chi connectivity index (χ1v) is 7.84. The molecular weight excluding hydrogens is 260 g/mol.